The Bertz CT molecular complexity index is 718. The molecule has 1 aliphatic heterocycles. The molecule has 0 amide bonds. The van der Waals surface area contributed by atoms with E-state index in [-0.39, 0.29) is 17.5 Å². The largest absolute Gasteiger partial charge is 0.381 e. The Hall–Kier alpha value is -0.990. The van der Waals surface area contributed by atoms with E-state index < -0.39 is 19.9 Å². The maximum atomic E-state index is 11.4. The van der Waals surface area contributed by atoms with E-state index in [2.05, 4.69) is 10.0 Å². The van der Waals surface area contributed by atoms with Crippen LogP contribution < -0.4 is 10.0 Å². The number of sulfonamides is 1. The van der Waals surface area contributed by atoms with Gasteiger partial charge in [-0.2, -0.15) is 0 Å². The van der Waals surface area contributed by atoms with Crippen molar-refractivity contribution < 1.29 is 16.8 Å². The van der Waals surface area contributed by atoms with Crippen LogP contribution in [0.1, 0.15) is 12.8 Å². The Morgan fingerprint density at radius 2 is 1.86 bits per heavy atom. The zero-order valence-corrected chi connectivity index (χ0v) is 13.9. The van der Waals surface area contributed by atoms with Crippen molar-refractivity contribution in [2.75, 3.05) is 27.8 Å². The smallest absolute Gasteiger partial charge is 0.229 e. The summed E-state index contributed by atoms with van der Waals surface area (Å²) >= 11 is 6.08. The second-order valence-electron chi connectivity index (χ2n) is 5.14. The van der Waals surface area contributed by atoms with Gasteiger partial charge in [-0.1, -0.05) is 11.6 Å². The Balaban J connectivity index is 2.11. The fraction of sp³-hybridized carbons (Fsp3) is 0.500. The van der Waals surface area contributed by atoms with E-state index >= 15 is 0 Å². The van der Waals surface area contributed by atoms with Crippen molar-refractivity contribution in [3.8, 4) is 0 Å². The molecule has 1 aromatic carbocycles. The van der Waals surface area contributed by atoms with Crippen molar-refractivity contribution in [1.29, 1.82) is 0 Å². The van der Waals surface area contributed by atoms with Gasteiger partial charge in [-0.05, 0) is 31.0 Å². The third-order valence-corrected chi connectivity index (χ3v) is 5.84. The first-order chi connectivity index (χ1) is 9.65. The summed E-state index contributed by atoms with van der Waals surface area (Å²) in [6.07, 6.45) is 2.10. The molecule has 0 aliphatic carbocycles. The van der Waals surface area contributed by atoms with Gasteiger partial charge in [0.2, 0.25) is 10.0 Å². The number of nitrogens with one attached hydrogen (secondary N) is 2. The second kappa shape index (κ2) is 6.02. The van der Waals surface area contributed by atoms with Gasteiger partial charge in [-0.3, -0.25) is 4.72 Å². The quantitative estimate of drug-likeness (QED) is 0.860. The average Bonchev–Trinajstić information content (AvgIpc) is 2.34. The number of hydrogen-bond donors (Lipinski definition) is 2. The van der Waals surface area contributed by atoms with E-state index in [4.69, 9.17) is 11.6 Å². The van der Waals surface area contributed by atoms with Crippen molar-refractivity contribution in [3.63, 3.8) is 0 Å². The molecule has 9 heteroatoms. The summed E-state index contributed by atoms with van der Waals surface area (Å²) < 4.78 is 47.6. The van der Waals surface area contributed by atoms with Gasteiger partial charge in [0.15, 0.2) is 0 Å². The van der Waals surface area contributed by atoms with E-state index in [1.54, 1.807) is 18.2 Å². The van der Waals surface area contributed by atoms with Crippen molar-refractivity contribution in [1.82, 2.24) is 0 Å². The molecule has 6 nitrogen and oxygen atoms in total. The van der Waals surface area contributed by atoms with Crippen LogP contribution >= 0.6 is 11.6 Å². The molecule has 0 aromatic heterocycles. The molecule has 0 atom stereocenters. The minimum Gasteiger partial charge on any atom is -0.381 e. The van der Waals surface area contributed by atoms with Crippen LogP contribution in [-0.2, 0) is 19.9 Å². The summed E-state index contributed by atoms with van der Waals surface area (Å²) in [5, 5.41) is 3.64. The predicted octanol–water partition coefficient (Wildman–Crippen LogP) is 1.70. The summed E-state index contributed by atoms with van der Waals surface area (Å²) in [7, 11) is -6.27. The SMILES string of the molecule is CS(=O)(=O)Nc1ccc(Cl)c(NC2CCS(=O)(=O)CC2)c1. The van der Waals surface area contributed by atoms with Gasteiger partial charge in [-0.25, -0.2) is 16.8 Å². The minimum atomic E-state index is -3.36. The molecule has 0 radical (unpaired) electrons. The number of sulfone groups is 1. The minimum absolute atomic E-state index is 0.0134. The van der Waals surface area contributed by atoms with E-state index in [1.165, 1.54) is 0 Å². The van der Waals surface area contributed by atoms with Crippen LogP contribution in [0.5, 0.6) is 0 Å². The first-order valence-electron chi connectivity index (χ1n) is 6.39. The van der Waals surface area contributed by atoms with Crippen LogP contribution in [0.4, 0.5) is 11.4 Å². The third-order valence-electron chi connectivity index (χ3n) is 3.18. The van der Waals surface area contributed by atoms with Crippen LogP contribution in [0.15, 0.2) is 18.2 Å². The topological polar surface area (TPSA) is 92.3 Å². The molecule has 1 aromatic rings. The number of rotatable bonds is 4. The molecule has 2 rings (SSSR count). The van der Waals surface area contributed by atoms with Crippen LogP contribution in [0.3, 0.4) is 0 Å². The van der Waals surface area contributed by atoms with E-state index in [0.717, 1.165) is 6.26 Å². The highest BCUT2D eigenvalue weighted by Crippen LogP contribution is 2.28. The normalized spacial score (nSPS) is 19.1. The lowest BCUT2D eigenvalue weighted by Gasteiger charge is -2.24. The highest BCUT2D eigenvalue weighted by Gasteiger charge is 2.23. The molecule has 0 unspecified atom stereocenters. The number of hydrogen-bond acceptors (Lipinski definition) is 5. The monoisotopic (exact) mass is 352 g/mol. The van der Waals surface area contributed by atoms with Crippen molar-refractivity contribution in [2.45, 2.75) is 18.9 Å². The average molecular weight is 353 g/mol. The van der Waals surface area contributed by atoms with Gasteiger partial charge >= 0.3 is 0 Å². The van der Waals surface area contributed by atoms with Crippen molar-refractivity contribution >= 4 is 42.8 Å². The summed E-state index contributed by atoms with van der Waals surface area (Å²) in [6, 6.07) is 4.78. The molecular weight excluding hydrogens is 336 g/mol. The molecule has 1 fully saturated rings. The summed E-state index contributed by atoms with van der Waals surface area (Å²) in [6.45, 7) is 0. The van der Waals surface area contributed by atoms with Gasteiger partial charge in [0.25, 0.3) is 0 Å². The Kier molecular flexibility index (Phi) is 4.69. The maximum Gasteiger partial charge on any atom is 0.229 e. The lowest BCUT2D eigenvalue weighted by atomic mass is 10.1. The van der Waals surface area contributed by atoms with Gasteiger partial charge in [-0.15, -0.1) is 0 Å². The number of benzene rings is 1. The highest BCUT2D eigenvalue weighted by molar-refractivity contribution is 7.92. The molecule has 1 saturated heterocycles. The molecule has 0 spiro atoms. The standard InChI is InChI=1S/C12H17ClN2O4S2/c1-20(16,17)15-10-2-3-11(13)12(8-10)14-9-4-6-21(18,19)7-5-9/h2-3,8-9,14-15H,4-7H2,1H3. The van der Waals surface area contributed by atoms with Crippen LogP contribution in [0.25, 0.3) is 0 Å². The molecule has 118 valence electrons. The van der Waals surface area contributed by atoms with E-state index in [0.29, 0.717) is 29.2 Å². The van der Waals surface area contributed by atoms with E-state index in [1.807, 2.05) is 0 Å². The molecule has 1 aliphatic rings. The van der Waals surface area contributed by atoms with Crippen LogP contribution in [0.2, 0.25) is 5.02 Å². The van der Waals surface area contributed by atoms with E-state index in [9.17, 15) is 16.8 Å². The first-order valence-corrected chi connectivity index (χ1v) is 10.5. The lowest BCUT2D eigenvalue weighted by molar-refractivity contribution is 0.559. The molecule has 1 heterocycles. The second-order valence-corrected chi connectivity index (χ2v) is 9.60. The van der Waals surface area contributed by atoms with Crippen LogP contribution in [-0.4, -0.2) is 40.6 Å². The number of anilines is 2. The number of halogens is 1. The summed E-state index contributed by atoms with van der Waals surface area (Å²) in [5.74, 6) is 0.313. The maximum absolute atomic E-state index is 11.4. The molecule has 2 N–H and O–H groups in total. The molecule has 0 bridgehead atoms. The fourth-order valence-electron chi connectivity index (χ4n) is 2.17. The molecule has 21 heavy (non-hydrogen) atoms. The lowest BCUT2D eigenvalue weighted by Crippen LogP contribution is -2.32. The Labute approximate surface area is 129 Å². The predicted molar refractivity (Wildman–Crippen MR) is 85.2 cm³/mol. The van der Waals surface area contributed by atoms with Crippen molar-refractivity contribution in [2.24, 2.45) is 0 Å². The van der Waals surface area contributed by atoms with Gasteiger partial charge in [0.05, 0.1) is 34.2 Å². The summed E-state index contributed by atoms with van der Waals surface area (Å²) in [5.41, 5.74) is 1.00. The third kappa shape index (κ3) is 5.05. The van der Waals surface area contributed by atoms with Gasteiger partial charge in [0.1, 0.15) is 9.84 Å². The summed E-state index contributed by atoms with van der Waals surface area (Å²) in [4.78, 5) is 0. The zero-order valence-electron chi connectivity index (χ0n) is 11.5. The van der Waals surface area contributed by atoms with Crippen molar-refractivity contribution in [3.05, 3.63) is 23.2 Å². The first kappa shape index (κ1) is 16.4. The van der Waals surface area contributed by atoms with Gasteiger partial charge in [0, 0.05) is 6.04 Å². The highest BCUT2D eigenvalue weighted by atomic mass is 35.5. The van der Waals surface area contributed by atoms with Gasteiger partial charge < -0.3 is 5.32 Å². The van der Waals surface area contributed by atoms with Crippen LogP contribution in [0, 0.1) is 0 Å². The molecular formula is C12H17ClN2O4S2. The zero-order chi connectivity index (χ0) is 15.7. The fourth-order valence-corrected chi connectivity index (χ4v) is 4.39. The Morgan fingerprint density at radius 1 is 1.24 bits per heavy atom. The Morgan fingerprint density at radius 3 is 2.43 bits per heavy atom. The molecule has 0 saturated carbocycles.